The standard InChI is InChI=1S/C25H23I3O8S2/c1-9(2)12-7-16(10(3)4-17(12)38(31,32)33)35-25(30)18-14-8-34-20-21(23(18)37-22(14)20)36-24(29)13-5-11(26)6-15(27)19(13)28/h4-7,9,14,18,20-23H,8H2,1-3H3,(H,31,32,33)/p-1. The summed E-state index contributed by atoms with van der Waals surface area (Å²) in [4.78, 5) is 26.4. The topological polar surface area (TPSA) is 119 Å². The summed E-state index contributed by atoms with van der Waals surface area (Å²) in [6.07, 6.45) is -0.876. The van der Waals surface area contributed by atoms with Crippen molar-refractivity contribution in [3.05, 3.63) is 51.7 Å². The highest BCUT2D eigenvalue weighted by Crippen LogP contribution is 2.59. The average molecular weight is 895 g/mol. The molecule has 0 saturated carbocycles. The number of carbonyl (C=O) groups excluding carboxylic acids is 2. The van der Waals surface area contributed by atoms with E-state index in [-0.39, 0.29) is 39.1 Å². The second-order valence-corrected chi connectivity index (χ2v) is 16.1. The Balaban J connectivity index is 1.40. The van der Waals surface area contributed by atoms with Crippen LogP contribution in [0.3, 0.4) is 0 Å². The fraction of sp³-hybridized carbons (Fsp3) is 0.440. The van der Waals surface area contributed by atoms with Crippen molar-refractivity contribution in [2.75, 3.05) is 6.61 Å². The van der Waals surface area contributed by atoms with Gasteiger partial charge in [0.25, 0.3) is 0 Å². The molecule has 3 aliphatic rings. The number of thioether (sulfide) groups is 1. The normalized spacial score (nSPS) is 27.7. The number of ether oxygens (including phenoxy) is 3. The van der Waals surface area contributed by atoms with E-state index in [1.165, 1.54) is 12.1 Å². The quantitative estimate of drug-likeness (QED) is 0.129. The van der Waals surface area contributed by atoms with Gasteiger partial charge in [0.2, 0.25) is 0 Å². The summed E-state index contributed by atoms with van der Waals surface area (Å²) in [7, 11) is -4.69. The first-order valence-electron chi connectivity index (χ1n) is 11.7. The molecule has 0 amide bonds. The van der Waals surface area contributed by atoms with Crippen LogP contribution < -0.4 is 4.74 Å². The molecular weight excluding hydrogens is 873 g/mol. The highest BCUT2D eigenvalue weighted by atomic mass is 127. The van der Waals surface area contributed by atoms with Crippen molar-refractivity contribution in [1.29, 1.82) is 0 Å². The van der Waals surface area contributed by atoms with E-state index in [0.717, 1.165) is 10.7 Å². The molecule has 3 fully saturated rings. The lowest BCUT2D eigenvalue weighted by Gasteiger charge is -2.30. The van der Waals surface area contributed by atoms with Gasteiger partial charge in [-0.25, -0.2) is 13.2 Å². The number of rotatable bonds is 6. The van der Waals surface area contributed by atoms with Gasteiger partial charge in [-0.3, -0.25) is 4.79 Å². The number of hydrogen-bond donors (Lipinski definition) is 0. The maximum atomic E-state index is 13.5. The van der Waals surface area contributed by atoms with E-state index in [0.29, 0.717) is 23.3 Å². The first-order chi connectivity index (χ1) is 17.8. The van der Waals surface area contributed by atoms with Gasteiger partial charge < -0.3 is 18.8 Å². The Hall–Kier alpha value is -0.210. The van der Waals surface area contributed by atoms with Crippen LogP contribution in [-0.4, -0.2) is 54.2 Å². The Labute approximate surface area is 265 Å². The maximum Gasteiger partial charge on any atom is 0.339 e. The zero-order chi connectivity index (χ0) is 27.7. The second kappa shape index (κ2) is 10.9. The predicted molar refractivity (Wildman–Crippen MR) is 165 cm³/mol. The molecule has 2 aromatic carbocycles. The Bertz CT molecular complexity index is 1440. The summed E-state index contributed by atoms with van der Waals surface area (Å²) >= 11 is 8.09. The van der Waals surface area contributed by atoms with E-state index in [9.17, 15) is 22.6 Å². The largest absolute Gasteiger partial charge is 0.744 e. The van der Waals surface area contributed by atoms with E-state index in [1.54, 1.807) is 38.6 Å². The number of halogens is 3. The second-order valence-electron chi connectivity index (χ2n) is 9.86. The van der Waals surface area contributed by atoms with Gasteiger partial charge in [0, 0.05) is 21.9 Å². The molecule has 3 aliphatic heterocycles. The van der Waals surface area contributed by atoms with Crippen LogP contribution in [0, 0.1) is 29.5 Å². The van der Waals surface area contributed by atoms with Crippen molar-refractivity contribution in [3.63, 3.8) is 0 Å². The smallest absolute Gasteiger partial charge is 0.339 e. The number of aryl methyl sites for hydroxylation is 1. The molecule has 204 valence electrons. The minimum Gasteiger partial charge on any atom is -0.744 e. The van der Waals surface area contributed by atoms with Crippen molar-refractivity contribution >= 4 is 102 Å². The molecule has 5 rings (SSSR count). The molecule has 3 heterocycles. The van der Waals surface area contributed by atoms with Gasteiger partial charge in [0.1, 0.15) is 28.1 Å². The summed E-state index contributed by atoms with van der Waals surface area (Å²) in [5.41, 5.74) is 1.15. The fourth-order valence-corrected chi connectivity index (χ4v) is 10.7. The Morgan fingerprint density at radius 2 is 1.84 bits per heavy atom. The molecule has 0 spiro atoms. The van der Waals surface area contributed by atoms with Crippen molar-refractivity contribution in [2.45, 2.75) is 54.3 Å². The van der Waals surface area contributed by atoms with Crippen molar-refractivity contribution in [1.82, 2.24) is 0 Å². The molecule has 0 aromatic heterocycles. The molecule has 6 atom stereocenters. The Morgan fingerprint density at radius 3 is 2.50 bits per heavy atom. The lowest BCUT2D eigenvalue weighted by atomic mass is 9.79. The van der Waals surface area contributed by atoms with Gasteiger partial charge in [-0.15, -0.1) is 11.8 Å². The number of esters is 2. The molecule has 6 unspecified atom stereocenters. The van der Waals surface area contributed by atoms with Crippen LogP contribution in [0.1, 0.15) is 41.3 Å². The third-order valence-corrected chi connectivity index (χ3v) is 13.5. The molecule has 0 radical (unpaired) electrons. The Kier molecular flexibility index (Phi) is 8.39. The number of hydrogen-bond acceptors (Lipinski definition) is 9. The van der Waals surface area contributed by atoms with Crippen LogP contribution in [0.4, 0.5) is 0 Å². The van der Waals surface area contributed by atoms with Crippen molar-refractivity contribution in [2.24, 2.45) is 11.8 Å². The summed E-state index contributed by atoms with van der Waals surface area (Å²) in [6, 6.07) is 6.50. The lowest BCUT2D eigenvalue weighted by molar-refractivity contribution is -0.142. The van der Waals surface area contributed by atoms with E-state index in [2.05, 4.69) is 67.8 Å². The van der Waals surface area contributed by atoms with Gasteiger partial charge in [-0.2, -0.15) is 0 Å². The van der Waals surface area contributed by atoms with Crippen molar-refractivity contribution in [3.8, 4) is 5.75 Å². The molecule has 2 aromatic rings. The average Bonchev–Trinajstić information content (AvgIpc) is 3.45. The predicted octanol–water partition coefficient (Wildman–Crippen LogP) is 5.10. The number of benzene rings is 2. The summed E-state index contributed by atoms with van der Waals surface area (Å²) < 4.78 is 55.9. The van der Waals surface area contributed by atoms with Crippen LogP contribution in [0.25, 0.3) is 0 Å². The molecule has 8 nitrogen and oxygen atoms in total. The molecule has 0 aliphatic carbocycles. The fourth-order valence-electron chi connectivity index (χ4n) is 5.37. The summed E-state index contributed by atoms with van der Waals surface area (Å²) in [6.45, 7) is 5.50. The van der Waals surface area contributed by atoms with Crippen LogP contribution in [0.2, 0.25) is 0 Å². The minimum atomic E-state index is -4.69. The number of fused-ring (bicyclic) bond motifs is 1. The molecule has 2 bridgehead atoms. The Morgan fingerprint density at radius 1 is 1.13 bits per heavy atom. The highest BCUT2D eigenvalue weighted by Gasteiger charge is 2.67. The first-order valence-corrected chi connectivity index (χ1v) is 17.3. The van der Waals surface area contributed by atoms with E-state index in [1.807, 2.05) is 6.07 Å². The third kappa shape index (κ3) is 5.26. The number of carbonyl (C=O) groups is 2. The molecule has 13 heteroatoms. The zero-order valence-corrected chi connectivity index (χ0v) is 28.4. The van der Waals surface area contributed by atoms with Crippen LogP contribution in [-0.2, 0) is 24.4 Å². The van der Waals surface area contributed by atoms with Crippen LogP contribution >= 0.6 is 79.5 Å². The summed E-state index contributed by atoms with van der Waals surface area (Å²) in [5.74, 6) is -1.61. The van der Waals surface area contributed by atoms with Gasteiger partial charge in [0.05, 0.1) is 28.2 Å². The van der Waals surface area contributed by atoms with E-state index >= 15 is 0 Å². The van der Waals surface area contributed by atoms with Crippen molar-refractivity contribution < 1.29 is 36.8 Å². The van der Waals surface area contributed by atoms with Gasteiger partial charge in [-0.1, -0.05) is 13.8 Å². The van der Waals surface area contributed by atoms with E-state index in [4.69, 9.17) is 14.2 Å². The zero-order valence-electron chi connectivity index (χ0n) is 20.3. The molecular formula is C25H22I3O8S2-. The molecule has 3 saturated heterocycles. The van der Waals surface area contributed by atoms with E-state index < -0.39 is 34.1 Å². The maximum absolute atomic E-state index is 13.5. The van der Waals surface area contributed by atoms with Gasteiger partial charge in [0.15, 0.2) is 0 Å². The van der Waals surface area contributed by atoms with Gasteiger partial charge >= 0.3 is 11.9 Å². The van der Waals surface area contributed by atoms with Gasteiger partial charge in [-0.05, 0) is 116 Å². The first kappa shape index (κ1) is 29.3. The third-order valence-electron chi connectivity index (χ3n) is 7.14. The monoisotopic (exact) mass is 895 g/mol. The highest BCUT2D eigenvalue weighted by molar-refractivity contribution is 14.1. The SMILES string of the molecule is Cc1cc(S(=O)(=O)[O-])c(C(C)C)cc1OC(=O)C1C2COC3C(OC(=O)c4cc(I)cc(I)c4I)C1SC23. The van der Waals surface area contributed by atoms with Crippen LogP contribution in [0.5, 0.6) is 5.75 Å². The van der Waals surface area contributed by atoms with Crippen LogP contribution in [0.15, 0.2) is 29.2 Å². The molecule has 0 N–H and O–H groups in total. The molecule has 38 heavy (non-hydrogen) atoms. The summed E-state index contributed by atoms with van der Waals surface area (Å²) in [5, 5.41) is -0.301. The minimum absolute atomic E-state index is 0.0192. The lowest BCUT2D eigenvalue weighted by Crippen LogP contribution is -2.48.